The molecule has 0 bridgehead atoms. The molecule has 2 aromatic carbocycles. The van der Waals surface area contributed by atoms with Crippen molar-refractivity contribution in [1.29, 1.82) is 0 Å². The standard InChI is InChI=1S/C16H12O5/c17-15(19-11-7-3-1-4-8-11)13-14(21-13)16(18)20-12-9-5-2-6-10-12/h1-10,13-14H. The van der Waals surface area contributed by atoms with Crippen molar-refractivity contribution < 1.29 is 23.8 Å². The molecule has 3 rings (SSSR count). The van der Waals surface area contributed by atoms with Gasteiger partial charge in [0.25, 0.3) is 0 Å². The number of carbonyl (C=O) groups excluding carboxylic acids is 2. The number of ether oxygens (including phenoxy) is 3. The molecule has 0 N–H and O–H groups in total. The smallest absolute Gasteiger partial charge is 0.344 e. The fraction of sp³-hybridized carbons (Fsp3) is 0.125. The minimum absolute atomic E-state index is 0.410. The van der Waals surface area contributed by atoms with Gasteiger partial charge in [-0.05, 0) is 24.3 Å². The van der Waals surface area contributed by atoms with Crippen LogP contribution in [0.4, 0.5) is 0 Å². The molecule has 0 amide bonds. The molecule has 1 aliphatic rings. The molecule has 0 saturated carbocycles. The number of hydrogen-bond acceptors (Lipinski definition) is 5. The Kier molecular flexibility index (Phi) is 3.66. The molecule has 5 heteroatoms. The van der Waals surface area contributed by atoms with Gasteiger partial charge in [0.15, 0.2) is 12.2 Å². The first-order valence-corrected chi connectivity index (χ1v) is 6.43. The minimum atomic E-state index is -0.901. The van der Waals surface area contributed by atoms with Crippen molar-refractivity contribution in [2.75, 3.05) is 0 Å². The molecule has 21 heavy (non-hydrogen) atoms. The lowest BCUT2D eigenvalue weighted by atomic mass is 10.3. The molecule has 106 valence electrons. The Balaban J connectivity index is 1.54. The molecule has 1 aliphatic heterocycles. The Morgan fingerprint density at radius 2 is 1.10 bits per heavy atom. The van der Waals surface area contributed by atoms with E-state index in [1.165, 1.54) is 0 Å². The first kappa shape index (κ1) is 13.3. The maximum absolute atomic E-state index is 11.8. The Morgan fingerprint density at radius 3 is 1.48 bits per heavy atom. The molecule has 2 unspecified atom stereocenters. The Bertz CT molecular complexity index is 581. The zero-order valence-corrected chi connectivity index (χ0v) is 11.0. The molecular formula is C16H12O5. The highest BCUT2D eigenvalue weighted by Gasteiger charge is 2.53. The molecule has 2 atom stereocenters. The molecule has 0 spiro atoms. The van der Waals surface area contributed by atoms with E-state index in [-0.39, 0.29) is 0 Å². The first-order chi connectivity index (χ1) is 10.2. The molecular weight excluding hydrogens is 272 g/mol. The van der Waals surface area contributed by atoms with Gasteiger partial charge in [-0.25, -0.2) is 9.59 Å². The van der Waals surface area contributed by atoms with Gasteiger partial charge >= 0.3 is 11.9 Å². The molecule has 1 saturated heterocycles. The normalized spacial score (nSPS) is 19.6. The van der Waals surface area contributed by atoms with Crippen LogP contribution in [0.15, 0.2) is 60.7 Å². The number of carbonyl (C=O) groups is 2. The molecule has 0 aliphatic carbocycles. The van der Waals surface area contributed by atoms with Crippen LogP contribution in [0, 0.1) is 0 Å². The van der Waals surface area contributed by atoms with Gasteiger partial charge in [0.05, 0.1) is 0 Å². The number of para-hydroxylation sites is 2. The highest BCUT2D eigenvalue weighted by molar-refractivity contribution is 5.91. The van der Waals surface area contributed by atoms with Crippen LogP contribution in [0.3, 0.4) is 0 Å². The Morgan fingerprint density at radius 1 is 0.714 bits per heavy atom. The molecule has 1 fully saturated rings. The van der Waals surface area contributed by atoms with Gasteiger partial charge in [-0.2, -0.15) is 0 Å². The number of hydrogen-bond donors (Lipinski definition) is 0. The fourth-order valence-corrected chi connectivity index (χ4v) is 1.80. The molecule has 5 nitrogen and oxygen atoms in total. The van der Waals surface area contributed by atoms with Gasteiger partial charge in [-0.15, -0.1) is 0 Å². The van der Waals surface area contributed by atoms with Crippen LogP contribution in [-0.4, -0.2) is 24.1 Å². The number of benzene rings is 2. The lowest BCUT2D eigenvalue weighted by molar-refractivity contribution is -0.138. The summed E-state index contributed by atoms with van der Waals surface area (Å²) < 4.78 is 15.2. The lowest BCUT2D eigenvalue weighted by Crippen LogP contribution is -2.23. The summed E-state index contributed by atoms with van der Waals surface area (Å²) in [6, 6.07) is 17.2. The van der Waals surface area contributed by atoms with E-state index in [0.29, 0.717) is 11.5 Å². The largest absolute Gasteiger partial charge is 0.425 e. The third-order valence-electron chi connectivity index (χ3n) is 2.88. The third-order valence-corrected chi connectivity index (χ3v) is 2.88. The summed E-state index contributed by atoms with van der Waals surface area (Å²) in [5.41, 5.74) is 0. The van der Waals surface area contributed by atoms with Crippen LogP contribution in [0.25, 0.3) is 0 Å². The molecule has 0 aromatic heterocycles. The third kappa shape index (κ3) is 3.27. The van der Waals surface area contributed by atoms with E-state index in [1.54, 1.807) is 48.5 Å². The summed E-state index contributed by atoms with van der Waals surface area (Å²) in [5.74, 6) is -0.381. The quantitative estimate of drug-likeness (QED) is 0.488. The topological polar surface area (TPSA) is 65.1 Å². The summed E-state index contributed by atoms with van der Waals surface area (Å²) >= 11 is 0. The van der Waals surface area contributed by atoms with E-state index in [0.717, 1.165) is 0 Å². The van der Waals surface area contributed by atoms with E-state index in [1.807, 2.05) is 12.1 Å². The first-order valence-electron chi connectivity index (χ1n) is 6.43. The predicted molar refractivity (Wildman–Crippen MR) is 72.8 cm³/mol. The van der Waals surface area contributed by atoms with Crippen LogP contribution in [0.5, 0.6) is 11.5 Å². The number of epoxide rings is 1. The zero-order valence-electron chi connectivity index (χ0n) is 11.0. The van der Waals surface area contributed by atoms with Crippen molar-refractivity contribution in [3.8, 4) is 11.5 Å². The summed E-state index contributed by atoms with van der Waals surface area (Å²) in [7, 11) is 0. The van der Waals surface area contributed by atoms with Gasteiger partial charge in [0.1, 0.15) is 11.5 Å². The second-order valence-electron chi connectivity index (χ2n) is 4.45. The Labute approximate surface area is 121 Å². The van der Waals surface area contributed by atoms with Crippen LogP contribution < -0.4 is 9.47 Å². The van der Waals surface area contributed by atoms with E-state index >= 15 is 0 Å². The molecule has 1 heterocycles. The van der Waals surface area contributed by atoms with Crippen molar-refractivity contribution in [3.63, 3.8) is 0 Å². The monoisotopic (exact) mass is 284 g/mol. The molecule has 0 radical (unpaired) electrons. The van der Waals surface area contributed by atoms with Crippen LogP contribution in [0.2, 0.25) is 0 Å². The summed E-state index contributed by atoms with van der Waals surface area (Å²) in [6.45, 7) is 0. The highest BCUT2D eigenvalue weighted by atomic mass is 16.7. The van der Waals surface area contributed by atoms with Crippen molar-refractivity contribution >= 4 is 11.9 Å². The maximum Gasteiger partial charge on any atom is 0.344 e. The number of rotatable bonds is 4. The lowest BCUT2D eigenvalue weighted by Gasteiger charge is -2.02. The number of esters is 2. The maximum atomic E-state index is 11.8. The van der Waals surface area contributed by atoms with Gasteiger partial charge in [-0.1, -0.05) is 36.4 Å². The van der Waals surface area contributed by atoms with Gasteiger partial charge in [-0.3, -0.25) is 0 Å². The predicted octanol–water partition coefficient (Wildman–Crippen LogP) is 1.96. The average molecular weight is 284 g/mol. The SMILES string of the molecule is O=C(Oc1ccccc1)C1OC1C(=O)Oc1ccccc1. The van der Waals surface area contributed by atoms with Crippen molar-refractivity contribution in [1.82, 2.24) is 0 Å². The van der Waals surface area contributed by atoms with E-state index in [4.69, 9.17) is 14.2 Å². The second-order valence-corrected chi connectivity index (χ2v) is 4.45. The highest BCUT2D eigenvalue weighted by Crippen LogP contribution is 2.26. The summed E-state index contributed by atoms with van der Waals surface area (Å²) in [6.07, 6.45) is -1.80. The summed E-state index contributed by atoms with van der Waals surface area (Å²) in [5, 5.41) is 0. The van der Waals surface area contributed by atoms with Crippen LogP contribution in [-0.2, 0) is 14.3 Å². The summed E-state index contributed by atoms with van der Waals surface area (Å²) in [4.78, 5) is 23.6. The van der Waals surface area contributed by atoms with Crippen LogP contribution >= 0.6 is 0 Å². The average Bonchev–Trinajstić information content (AvgIpc) is 3.30. The van der Waals surface area contributed by atoms with Crippen LogP contribution in [0.1, 0.15) is 0 Å². The van der Waals surface area contributed by atoms with Gasteiger partial charge in [0.2, 0.25) is 0 Å². The van der Waals surface area contributed by atoms with Crippen molar-refractivity contribution in [3.05, 3.63) is 60.7 Å². The van der Waals surface area contributed by atoms with E-state index in [9.17, 15) is 9.59 Å². The van der Waals surface area contributed by atoms with Gasteiger partial charge < -0.3 is 14.2 Å². The fourth-order valence-electron chi connectivity index (χ4n) is 1.80. The van der Waals surface area contributed by atoms with E-state index in [2.05, 4.69) is 0 Å². The second kappa shape index (κ2) is 5.76. The Hall–Kier alpha value is -2.66. The minimum Gasteiger partial charge on any atom is -0.425 e. The van der Waals surface area contributed by atoms with E-state index < -0.39 is 24.1 Å². The zero-order chi connectivity index (χ0) is 14.7. The van der Waals surface area contributed by atoms with Gasteiger partial charge in [0, 0.05) is 0 Å². The molecule has 2 aromatic rings. The van der Waals surface area contributed by atoms with Crippen molar-refractivity contribution in [2.45, 2.75) is 12.2 Å². The van der Waals surface area contributed by atoms with Crippen molar-refractivity contribution in [2.24, 2.45) is 0 Å².